The Morgan fingerprint density at radius 3 is 2.40 bits per heavy atom. The van der Waals surface area contributed by atoms with Gasteiger partial charge in [-0.3, -0.25) is 9.59 Å². The van der Waals surface area contributed by atoms with Gasteiger partial charge in [-0.05, 0) is 73.4 Å². The van der Waals surface area contributed by atoms with Crippen LogP contribution in [-0.4, -0.2) is 31.3 Å². The molecule has 0 spiro atoms. The fourth-order valence-electron chi connectivity index (χ4n) is 4.92. The minimum Gasteiger partial charge on any atom is -0.496 e. The number of carbonyl (C=O) groups excluding carboxylic acids is 2. The number of nitriles is 1. The maximum Gasteiger partial charge on any atom is 0.263 e. The van der Waals surface area contributed by atoms with Crippen molar-refractivity contribution in [3.05, 3.63) is 64.0 Å². The van der Waals surface area contributed by atoms with Crippen molar-refractivity contribution in [1.82, 2.24) is 0 Å². The number of ether oxygens (including phenoxy) is 2. The average Bonchev–Trinajstić information content (AvgIpc) is 3.28. The highest BCUT2D eigenvalue weighted by atomic mass is 32.2. The molecule has 1 aliphatic carbocycles. The number of nitrogens with one attached hydrogen (secondary N) is 2. The van der Waals surface area contributed by atoms with Crippen molar-refractivity contribution in [2.45, 2.75) is 57.1 Å². The molecule has 4 rings (SSSR count). The molecule has 210 valence electrons. The molecule has 2 aromatic carbocycles. The first-order valence-electron chi connectivity index (χ1n) is 13.2. The lowest BCUT2D eigenvalue weighted by Crippen LogP contribution is -2.26. The van der Waals surface area contributed by atoms with E-state index >= 15 is 0 Å². The molecule has 0 saturated heterocycles. The largest absolute Gasteiger partial charge is 0.496 e. The van der Waals surface area contributed by atoms with Crippen molar-refractivity contribution in [2.24, 2.45) is 11.3 Å². The van der Waals surface area contributed by atoms with E-state index in [1.807, 2.05) is 25.1 Å². The number of carbonyl (C=O) groups is 2. The Bertz CT molecular complexity index is 1430. The number of benzene rings is 2. The van der Waals surface area contributed by atoms with Crippen LogP contribution in [0, 0.1) is 22.7 Å². The summed E-state index contributed by atoms with van der Waals surface area (Å²) in [4.78, 5) is 28.3. The SMILES string of the molecule is COc1cccc(OC)c1C(=O)Nc1cccc(SC(C)C(=O)Nc2sc3c(c2C#N)CCC(C(C)(C)C)C3)c1. The summed E-state index contributed by atoms with van der Waals surface area (Å²) in [6, 6.07) is 14.8. The number of rotatable bonds is 8. The van der Waals surface area contributed by atoms with Gasteiger partial charge in [0, 0.05) is 15.5 Å². The van der Waals surface area contributed by atoms with E-state index in [1.165, 1.54) is 42.2 Å². The lowest BCUT2D eigenvalue weighted by Gasteiger charge is -2.33. The Morgan fingerprint density at radius 2 is 1.77 bits per heavy atom. The highest BCUT2D eigenvalue weighted by Gasteiger charge is 2.32. The number of nitrogens with zero attached hydrogens (tertiary/aromatic N) is 1. The third-order valence-corrected chi connectivity index (χ3v) is 9.53. The predicted molar refractivity (Wildman–Crippen MR) is 162 cm³/mol. The summed E-state index contributed by atoms with van der Waals surface area (Å²) >= 11 is 2.92. The minimum atomic E-state index is -0.423. The zero-order valence-corrected chi connectivity index (χ0v) is 25.3. The molecule has 0 fully saturated rings. The highest BCUT2D eigenvalue weighted by molar-refractivity contribution is 8.00. The van der Waals surface area contributed by atoms with E-state index in [1.54, 1.807) is 24.3 Å². The van der Waals surface area contributed by atoms with E-state index in [2.05, 4.69) is 37.5 Å². The lowest BCUT2D eigenvalue weighted by atomic mass is 9.72. The number of fused-ring (bicyclic) bond motifs is 1. The van der Waals surface area contributed by atoms with Crippen molar-refractivity contribution in [3.8, 4) is 17.6 Å². The second kappa shape index (κ2) is 12.4. The topological polar surface area (TPSA) is 100 Å². The van der Waals surface area contributed by atoms with E-state index < -0.39 is 5.25 Å². The van der Waals surface area contributed by atoms with E-state index in [0.717, 1.165) is 29.7 Å². The maximum absolute atomic E-state index is 13.2. The minimum absolute atomic E-state index is 0.166. The van der Waals surface area contributed by atoms with E-state index in [9.17, 15) is 14.9 Å². The third kappa shape index (κ3) is 6.45. The molecule has 1 heterocycles. The van der Waals surface area contributed by atoms with E-state index in [-0.39, 0.29) is 17.2 Å². The Kier molecular flexibility index (Phi) is 9.12. The average molecular weight is 578 g/mol. The Hall–Kier alpha value is -3.48. The Morgan fingerprint density at radius 1 is 1.10 bits per heavy atom. The maximum atomic E-state index is 13.2. The third-order valence-electron chi connectivity index (χ3n) is 7.27. The fourth-order valence-corrected chi connectivity index (χ4v) is 7.13. The molecule has 2 atom stereocenters. The van der Waals surface area contributed by atoms with Crippen LogP contribution in [-0.2, 0) is 17.6 Å². The zero-order chi connectivity index (χ0) is 29.0. The monoisotopic (exact) mass is 577 g/mol. The molecule has 2 unspecified atom stereocenters. The standard InChI is InChI=1S/C31H35N3O4S2/c1-18(28(35)34-30-23(17-32)22-14-13-19(31(2,3)4)15-26(22)40-30)39-21-10-7-9-20(16-21)33-29(36)27-24(37-5)11-8-12-25(27)38-6/h7-12,16,18-19H,13-15H2,1-6H3,(H,33,36)(H,34,35). The van der Waals surface area contributed by atoms with Crippen LogP contribution in [0.15, 0.2) is 47.4 Å². The van der Waals surface area contributed by atoms with Crippen LogP contribution >= 0.6 is 23.1 Å². The molecule has 0 aliphatic heterocycles. The molecule has 9 heteroatoms. The molecule has 1 aliphatic rings. The first-order chi connectivity index (χ1) is 19.0. The summed E-state index contributed by atoms with van der Waals surface area (Å²) in [6.45, 7) is 8.62. The van der Waals surface area contributed by atoms with Gasteiger partial charge in [0.1, 0.15) is 28.1 Å². The van der Waals surface area contributed by atoms with Crippen LogP contribution in [0.3, 0.4) is 0 Å². The van der Waals surface area contributed by atoms with Crippen LogP contribution in [0.2, 0.25) is 0 Å². The number of amides is 2. The van der Waals surface area contributed by atoms with Crippen molar-refractivity contribution < 1.29 is 19.1 Å². The van der Waals surface area contributed by atoms with Gasteiger partial charge in [-0.15, -0.1) is 23.1 Å². The van der Waals surface area contributed by atoms with Crippen molar-refractivity contribution in [1.29, 1.82) is 5.26 Å². The van der Waals surface area contributed by atoms with Crippen molar-refractivity contribution in [2.75, 3.05) is 24.9 Å². The molecule has 2 amide bonds. The lowest BCUT2D eigenvalue weighted by molar-refractivity contribution is -0.115. The first kappa shape index (κ1) is 29.5. The number of hydrogen-bond donors (Lipinski definition) is 2. The van der Waals surface area contributed by atoms with Crippen molar-refractivity contribution in [3.63, 3.8) is 0 Å². The summed E-state index contributed by atoms with van der Waals surface area (Å²) < 4.78 is 10.7. The molecule has 0 radical (unpaired) electrons. The molecular formula is C31H35N3O4S2. The molecule has 7 nitrogen and oxygen atoms in total. The summed E-state index contributed by atoms with van der Waals surface area (Å²) in [5.41, 5.74) is 2.80. The summed E-state index contributed by atoms with van der Waals surface area (Å²) in [5.74, 6) is 0.851. The van der Waals surface area contributed by atoms with Gasteiger partial charge in [0.2, 0.25) is 5.91 Å². The van der Waals surface area contributed by atoms with E-state index in [4.69, 9.17) is 9.47 Å². The van der Waals surface area contributed by atoms with Gasteiger partial charge in [-0.25, -0.2) is 0 Å². The molecule has 40 heavy (non-hydrogen) atoms. The van der Waals surface area contributed by atoms with Gasteiger partial charge in [0.15, 0.2) is 0 Å². The van der Waals surface area contributed by atoms with Crippen LogP contribution in [0.5, 0.6) is 11.5 Å². The summed E-state index contributed by atoms with van der Waals surface area (Å²) in [6.07, 6.45) is 2.87. The van der Waals surface area contributed by atoms with Crippen LogP contribution in [0.4, 0.5) is 10.7 Å². The molecule has 1 aromatic heterocycles. The van der Waals surface area contributed by atoms with Crippen LogP contribution in [0.1, 0.15) is 60.5 Å². The highest BCUT2D eigenvalue weighted by Crippen LogP contribution is 2.44. The first-order valence-corrected chi connectivity index (χ1v) is 14.9. The van der Waals surface area contributed by atoms with E-state index in [0.29, 0.717) is 39.2 Å². The van der Waals surface area contributed by atoms with Gasteiger partial charge in [0.05, 0.1) is 25.0 Å². The number of thioether (sulfide) groups is 1. The predicted octanol–water partition coefficient (Wildman–Crippen LogP) is 7.16. The number of methoxy groups -OCH3 is 2. The smallest absolute Gasteiger partial charge is 0.263 e. The summed E-state index contributed by atoms with van der Waals surface area (Å²) in [7, 11) is 3.01. The second-order valence-electron chi connectivity index (χ2n) is 10.9. The quantitative estimate of drug-likeness (QED) is 0.276. The van der Waals surface area contributed by atoms with Gasteiger partial charge in [-0.1, -0.05) is 32.9 Å². The van der Waals surface area contributed by atoms with Gasteiger partial charge in [-0.2, -0.15) is 5.26 Å². The van der Waals surface area contributed by atoms with Crippen LogP contribution in [0.25, 0.3) is 0 Å². The number of hydrogen-bond acceptors (Lipinski definition) is 7. The van der Waals surface area contributed by atoms with Gasteiger partial charge in [0.25, 0.3) is 5.91 Å². The van der Waals surface area contributed by atoms with Crippen molar-refractivity contribution >= 4 is 45.6 Å². The number of anilines is 2. The van der Waals surface area contributed by atoms with Gasteiger partial charge < -0.3 is 20.1 Å². The molecular weight excluding hydrogens is 542 g/mol. The Labute approximate surface area is 244 Å². The zero-order valence-electron chi connectivity index (χ0n) is 23.7. The second-order valence-corrected chi connectivity index (χ2v) is 13.4. The van der Waals surface area contributed by atoms with Crippen LogP contribution < -0.4 is 20.1 Å². The molecule has 0 saturated carbocycles. The summed E-state index contributed by atoms with van der Waals surface area (Å²) in [5, 5.41) is 16.0. The normalized spacial score (nSPS) is 15.4. The molecule has 2 N–H and O–H groups in total. The molecule has 0 bridgehead atoms. The number of thiophene rings is 1. The Balaban J connectivity index is 1.44. The van der Waals surface area contributed by atoms with Gasteiger partial charge >= 0.3 is 0 Å². The molecule has 3 aromatic rings. The fraction of sp³-hybridized carbons (Fsp3) is 0.387.